The number of hydrogen-bond donors (Lipinski definition) is 2. The second kappa shape index (κ2) is 8.41. The Labute approximate surface area is 136 Å². The second-order valence-corrected chi connectivity index (χ2v) is 7.07. The lowest BCUT2D eigenvalue weighted by molar-refractivity contribution is -0.116. The van der Waals surface area contributed by atoms with Crippen LogP contribution in [0.3, 0.4) is 0 Å². The number of aryl methyl sites for hydroxylation is 1. The van der Waals surface area contributed by atoms with Gasteiger partial charge < -0.3 is 15.3 Å². The van der Waals surface area contributed by atoms with Crippen molar-refractivity contribution in [2.45, 2.75) is 32.8 Å². The van der Waals surface area contributed by atoms with Crippen molar-refractivity contribution < 1.29 is 9.90 Å². The molecule has 1 fully saturated rings. The van der Waals surface area contributed by atoms with Gasteiger partial charge in [-0.15, -0.1) is 11.3 Å². The molecule has 0 saturated carbocycles. The molecule has 6 heteroatoms. The minimum Gasteiger partial charge on any atom is -0.390 e. The summed E-state index contributed by atoms with van der Waals surface area (Å²) in [5.41, 5.74) is 0.792. The van der Waals surface area contributed by atoms with Crippen LogP contribution in [0.2, 0.25) is 0 Å². The quantitative estimate of drug-likeness (QED) is 0.782. The van der Waals surface area contributed by atoms with Crippen LogP contribution in [-0.4, -0.2) is 53.2 Å². The van der Waals surface area contributed by atoms with Crippen molar-refractivity contribution in [3.63, 3.8) is 0 Å². The first-order valence-corrected chi connectivity index (χ1v) is 8.69. The number of carbonyl (C=O) groups is 1. The Morgan fingerprint density at radius 1 is 1.59 bits per heavy atom. The number of aliphatic hydroxyl groups excluding tert-OH is 1. The number of amides is 1. The molecule has 0 aromatic carbocycles. The molecule has 1 aliphatic heterocycles. The molecule has 1 atom stereocenters. The summed E-state index contributed by atoms with van der Waals surface area (Å²) in [6.45, 7) is 7.18. The molecule has 0 aliphatic carbocycles. The van der Waals surface area contributed by atoms with E-state index in [4.69, 9.17) is 0 Å². The molecule has 2 rings (SSSR count). The Hall–Kier alpha value is -1.24. The zero-order valence-electron chi connectivity index (χ0n) is 13.3. The number of hydrogen-bond acceptors (Lipinski definition) is 5. The third-order valence-electron chi connectivity index (χ3n) is 3.90. The van der Waals surface area contributed by atoms with Crippen LogP contribution < -0.4 is 5.32 Å². The van der Waals surface area contributed by atoms with E-state index < -0.39 is 6.10 Å². The molecule has 1 saturated heterocycles. The number of piperidine rings is 1. The third-order valence-corrected chi connectivity index (χ3v) is 4.69. The first kappa shape index (κ1) is 17.1. The van der Waals surface area contributed by atoms with Gasteiger partial charge in [-0.2, -0.15) is 0 Å². The molecular weight excluding hydrogens is 298 g/mol. The van der Waals surface area contributed by atoms with E-state index >= 15 is 0 Å². The van der Waals surface area contributed by atoms with Crippen LogP contribution in [0.5, 0.6) is 0 Å². The molecule has 1 unspecified atom stereocenters. The van der Waals surface area contributed by atoms with Crippen LogP contribution in [0.15, 0.2) is 11.5 Å². The average Bonchev–Trinajstić information content (AvgIpc) is 2.91. The van der Waals surface area contributed by atoms with Gasteiger partial charge in [-0.05, 0) is 44.8 Å². The minimum atomic E-state index is -0.521. The molecule has 22 heavy (non-hydrogen) atoms. The number of β-amino-alcohol motifs (C(OH)–C–C–N with tert-alkyl or cyclic N) is 1. The van der Waals surface area contributed by atoms with E-state index in [1.807, 2.05) is 12.3 Å². The predicted molar refractivity (Wildman–Crippen MR) is 89.7 cm³/mol. The lowest BCUT2D eigenvalue weighted by Crippen LogP contribution is -2.42. The minimum absolute atomic E-state index is 0.197. The summed E-state index contributed by atoms with van der Waals surface area (Å²) in [4.78, 5) is 18.2. The Morgan fingerprint density at radius 2 is 2.32 bits per heavy atom. The normalized spacial score (nSPS) is 18.7. The highest BCUT2D eigenvalue weighted by Crippen LogP contribution is 2.15. The summed E-state index contributed by atoms with van der Waals surface area (Å²) in [5.74, 6) is 0.588. The van der Waals surface area contributed by atoms with E-state index in [-0.39, 0.29) is 12.5 Å². The number of aliphatic hydroxyl groups is 1. The van der Waals surface area contributed by atoms with Gasteiger partial charge in [0.05, 0.1) is 16.8 Å². The van der Waals surface area contributed by atoms with Crippen LogP contribution in [0.1, 0.15) is 30.5 Å². The Balaban J connectivity index is 1.66. The lowest BCUT2D eigenvalue weighted by Gasteiger charge is -2.31. The van der Waals surface area contributed by atoms with Gasteiger partial charge in [0.1, 0.15) is 0 Å². The number of carbonyl (C=O) groups excluding carboxylic acids is 1. The number of rotatable bonds is 6. The van der Waals surface area contributed by atoms with E-state index in [9.17, 15) is 9.90 Å². The van der Waals surface area contributed by atoms with Crippen molar-refractivity contribution in [1.29, 1.82) is 0 Å². The average molecular weight is 323 g/mol. The van der Waals surface area contributed by atoms with Crippen molar-refractivity contribution in [2.24, 2.45) is 5.92 Å². The lowest BCUT2D eigenvalue weighted by atomic mass is 9.99. The Morgan fingerprint density at radius 3 is 2.95 bits per heavy atom. The largest absolute Gasteiger partial charge is 0.390 e. The summed E-state index contributed by atoms with van der Waals surface area (Å²) in [5, 5.41) is 15.6. The molecule has 0 radical (unpaired) electrons. The molecular formula is C16H25N3O2S. The summed E-state index contributed by atoms with van der Waals surface area (Å²) >= 11 is 1.55. The maximum Gasteiger partial charge on any atom is 0.244 e. The number of aromatic nitrogens is 1. The molecule has 2 N–H and O–H groups in total. The first-order chi connectivity index (χ1) is 10.5. The fourth-order valence-corrected chi connectivity index (χ4v) is 3.08. The van der Waals surface area contributed by atoms with E-state index in [1.54, 1.807) is 17.4 Å². The monoisotopic (exact) mass is 323 g/mol. The van der Waals surface area contributed by atoms with Crippen LogP contribution in [0, 0.1) is 12.8 Å². The van der Waals surface area contributed by atoms with E-state index in [1.165, 1.54) is 18.9 Å². The van der Waals surface area contributed by atoms with Gasteiger partial charge in [-0.1, -0.05) is 6.92 Å². The van der Waals surface area contributed by atoms with Gasteiger partial charge in [-0.3, -0.25) is 4.79 Å². The smallest absolute Gasteiger partial charge is 0.244 e. The summed E-state index contributed by atoms with van der Waals surface area (Å²) in [7, 11) is 0. The van der Waals surface area contributed by atoms with Gasteiger partial charge in [0.25, 0.3) is 0 Å². The van der Waals surface area contributed by atoms with Crippen LogP contribution in [0.25, 0.3) is 6.08 Å². The molecule has 5 nitrogen and oxygen atoms in total. The number of likely N-dealkylation sites (tertiary alicyclic amines) is 1. The number of nitrogens with zero attached hydrogens (tertiary/aromatic N) is 2. The van der Waals surface area contributed by atoms with Crippen molar-refractivity contribution >= 4 is 23.3 Å². The number of thiazole rings is 1. The molecule has 122 valence electrons. The van der Waals surface area contributed by atoms with Gasteiger partial charge >= 0.3 is 0 Å². The Kier molecular flexibility index (Phi) is 6.54. The second-order valence-electron chi connectivity index (χ2n) is 6.01. The van der Waals surface area contributed by atoms with Gasteiger partial charge in [0.2, 0.25) is 5.91 Å². The van der Waals surface area contributed by atoms with E-state index in [2.05, 4.69) is 22.1 Å². The fraction of sp³-hybridized carbons (Fsp3) is 0.625. The third kappa shape index (κ3) is 5.87. The maximum absolute atomic E-state index is 11.7. The van der Waals surface area contributed by atoms with Crippen LogP contribution in [0.4, 0.5) is 0 Å². The highest BCUT2D eigenvalue weighted by Gasteiger charge is 2.18. The predicted octanol–water partition coefficient (Wildman–Crippen LogP) is 1.67. The van der Waals surface area contributed by atoms with Gasteiger partial charge in [-0.25, -0.2) is 4.98 Å². The summed E-state index contributed by atoms with van der Waals surface area (Å²) in [6.07, 6.45) is 5.01. The highest BCUT2D eigenvalue weighted by atomic mass is 32.1. The summed E-state index contributed by atoms with van der Waals surface area (Å²) < 4.78 is 0. The topological polar surface area (TPSA) is 65.5 Å². The highest BCUT2D eigenvalue weighted by molar-refractivity contribution is 7.09. The number of nitrogens with one attached hydrogen (secondary N) is 1. The molecule has 0 bridgehead atoms. The van der Waals surface area contributed by atoms with Crippen molar-refractivity contribution in [2.75, 3.05) is 26.2 Å². The van der Waals surface area contributed by atoms with Gasteiger partial charge in [0, 0.05) is 24.5 Å². The molecule has 1 aromatic heterocycles. The SMILES string of the molecule is Cc1nc(/C=C/C(=O)NCC(O)CN2CCC(C)CC2)cs1. The molecule has 1 aliphatic rings. The zero-order chi connectivity index (χ0) is 15.9. The van der Waals surface area contributed by atoms with Crippen LogP contribution >= 0.6 is 11.3 Å². The van der Waals surface area contributed by atoms with Gasteiger partial charge in [0.15, 0.2) is 0 Å². The fourth-order valence-electron chi connectivity index (χ4n) is 2.50. The molecule has 2 heterocycles. The Bertz CT molecular complexity index is 507. The van der Waals surface area contributed by atoms with Crippen molar-refractivity contribution in [3.05, 3.63) is 22.2 Å². The molecule has 1 amide bonds. The van der Waals surface area contributed by atoms with Crippen molar-refractivity contribution in [1.82, 2.24) is 15.2 Å². The van der Waals surface area contributed by atoms with E-state index in [0.29, 0.717) is 6.54 Å². The maximum atomic E-state index is 11.7. The molecule has 0 spiro atoms. The first-order valence-electron chi connectivity index (χ1n) is 7.81. The summed E-state index contributed by atoms with van der Waals surface area (Å²) in [6, 6.07) is 0. The van der Waals surface area contributed by atoms with Crippen LogP contribution in [-0.2, 0) is 4.79 Å². The zero-order valence-corrected chi connectivity index (χ0v) is 14.1. The molecule has 1 aromatic rings. The standard InChI is InChI=1S/C16H25N3O2S/c1-12-5-7-19(8-6-12)10-15(20)9-17-16(21)4-3-14-11-22-13(2)18-14/h3-4,11-12,15,20H,5-10H2,1-2H3,(H,17,21)/b4-3+. The van der Waals surface area contributed by atoms with E-state index in [0.717, 1.165) is 29.7 Å². The van der Waals surface area contributed by atoms with Crippen molar-refractivity contribution in [3.8, 4) is 0 Å².